The van der Waals surface area contributed by atoms with Gasteiger partial charge >= 0.3 is 15.6 Å². The Hall–Kier alpha value is -1.76. The van der Waals surface area contributed by atoms with Crippen molar-refractivity contribution in [3.63, 3.8) is 0 Å². The molecule has 0 bridgehead atoms. The molecule has 0 N–H and O–H groups in total. The highest BCUT2D eigenvalue weighted by Crippen LogP contribution is 2.44. The van der Waals surface area contributed by atoms with E-state index >= 15 is 0 Å². The molecule has 112 valence electrons. The van der Waals surface area contributed by atoms with Crippen LogP contribution < -0.4 is 4.18 Å². The first-order valence-electron chi connectivity index (χ1n) is 6.32. The minimum absolute atomic E-state index is 0.299. The molecule has 0 radical (unpaired) electrons. The molecule has 0 spiro atoms. The van der Waals surface area contributed by atoms with Crippen LogP contribution in [0.2, 0.25) is 0 Å². The van der Waals surface area contributed by atoms with Crippen molar-refractivity contribution in [2.75, 3.05) is 0 Å². The molecule has 0 aromatic heterocycles. The fourth-order valence-electron chi connectivity index (χ4n) is 2.29. The Balaban J connectivity index is 2.10. The summed E-state index contributed by atoms with van der Waals surface area (Å²) in [6.45, 7) is 0. The molecule has 2 aromatic rings. The lowest BCUT2D eigenvalue weighted by Crippen LogP contribution is -2.28. The van der Waals surface area contributed by atoms with Crippen molar-refractivity contribution in [2.24, 2.45) is 0 Å². The lowest BCUT2D eigenvalue weighted by atomic mass is 10.0. The van der Waals surface area contributed by atoms with Gasteiger partial charge in [0.25, 0.3) is 0 Å². The largest absolute Gasteiger partial charge is 0.534 e. The number of hydrogen-bond donors (Lipinski definition) is 0. The van der Waals surface area contributed by atoms with Gasteiger partial charge in [-0.05, 0) is 35.8 Å². The van der Waals surface area contributed by atoms with Crippen LogP contribution in [-0.2, 0) is 10.1 Å². The van der Waals surface area contributed by atoms with Gasteiger partial charge < -0.3 is 4.18 Å². The minimum atomic E-state index is -5.66. The predicted molar refractivity (Wildman–Crippen MR) is 71.5 cm³/mol. The predicted octanol–water partition coefficient (Wildman–Crippen LogP) is 3.95. The summed E-state index contributed by atoms with van der Waals surface area (Å²) >= 11 is 0. The molecular formula is C14H11F3O3S. The van der Waals surface area contributed by atoms with E-state index in [1.165, 1.54) is 12.1 Å². The second kappa shape index (κ2) is 4.62. The van der Waals surface area contributed by atoms with Crippen molar-refractivity contribution >= 4 is 20.9 Å². The van der Waals surface area contributed by atoms with Crippen molar-refractivity contribution < 1.29 is 25.8 Å². The standard InChI is InChI=1S/C14H11F3O3S/c15-14(16,17)21(18,19)20-13-6-2-4-11-10(9-7-8-9)3-1-5-12(11)13/h1-6,9H,7-8H2. The summed E-state index contributed by atoms with van der Waals surface area (Å²) in [6.07, 6.45) is 2.07. The summed E-state index contributed by atoms with van der Waals surface area (Å²) in [6, 6.07) is 9.64. The smallest absolute Gasteiger partial charge is 0.375 e. The van der Waals surface area contributed by atoms with E-state index in [1.54, 1.807) is 18.2 Å². The second-order valence-electron chi connectivity index (χ2n) is 4.96. The number of alkyl halides is 3. The number of hydrogen-bond acceptors (Lipinski definition) is 3. The summed E-state index contributed by atoms with van der Waals surface area (Å²) in [5.41, 5.74) is -4.43. The number of halogens is 3. The molecule has 7 heteroatoms. The number of benzene rings is 2. The number of rotatable bonds is 3. The summed E-state index contributed by atoms with van der Waals surface area (Å²) in [7, 11) is -5.66. The van der Waals surface area contributed by atoms with Crippen molar-refractivity contribution in [3.8, 4) is 5.75 Å². The maximum atomic E-state index is 12.4. The average Bonchev–Trinajstić information content (AvgIpc) is 3.21. The summed E-state index contributed by atoms with van der Waals surface area (Å²) in [5.74, 6) is 0.0931. The van der Waals surface area contributed by atoms with Gasteiger partial charge in [0.15, 0.2) is 5.75 Å². The monoisotopic (exact) mass is 316 g/mol. The molecule has 1 fully saturated rings. The Labute approximate surface area is 119 Å². The molecule has 0 heterocycles. The van der Waals surface area contributed by atoms with E-state index in [2.05, 4.69) is 4.18 Å². The van der Waals surface area contributed by atoms with Crippen LogP contribution in [0.1, 0.15) is 24.3 Å². The van der Waals surface area contributed by atoms with E-state index in [1.807, 2.05) is 6.07 Å². The topological polar surface area (TPSA) is 43.4 Å². The molecule has 0 atom stereocenters. The highest BCUT2D eigenvalue weighted by molar-refractivity contribution is 7.88. The summed E-state index contributed by atoms with van der Waals surface area (Å²) < 4.78 is 63.9. The molecule has 21 heavy (non-hydrogen) atoms. The van der Waals surface area contributed by atoms with Crippen molar-refractivity contribution in [3.05, 3.63) is 42.0 Å². The first kappa shape index (κ1) is 14.2. The third kappa shape index (κ3) is 2.57. The first-order valence-corrected chi connectivity index (χ1v) is 7.73. The Morgan fingerprint density at radius 2 is 1.62 bits per heavy atom. The first-order chi connectivity index (χ1) is 9.79. The van der Waals surface area contributed by atoms with Gasteiger partial charge in [-0.2, -0.15) is 21.6 Å². The molecule has 0 unspecified atom stereocenters. The highest BCUT2D eigenvalue weighted by atomic mass is 32.2. The summed E-state index contributed by atoms with van der Waals surface area (Å²) in [4.78, 5) is 0. The average molecular weight is 316 g/mol. The van der Waals surface area contributed by atoms with Crippen molar-refractivity contribution in [1.29, 1.82) is 0 Å². The summed E-state index contributed by atoms with van der Waals surface area (Å²) in [5, 5.41) is 1.10. The molecule has 0 aliphatic heterocycles. The highest BCUT2D eigenvalue weighted by Gasteiger charge is 2.48. The lowest BCUT2D eigenvalue weighted by molar-refractivity contribution is -0.0499. The van der Waals surface area contributed by atoms with Gasteiger partial charge in [0.05, 0.1) is 0 Å². The van der Waals surface area contributed by atoms with Gasteiger partial charge in [-0.3, -0.25) is 0 Å². The van der Waals surface area contributed by atoms with Crippen LogP contribution in [0.4, 0.5) is 13.2 Å². The second-order valence-corrected chi connectivity index (χ2v) is 6.49. The maximum Gasteiger partial charge on any atom is 0.534 e. The van der Waals surface area contributed by atoms with Gasteiger partial charge in [0.2, 0.25) is 0 Å². The van der Waals surface area contributed by atoms with E-state index in [0.29, 0.717) is 11.3 Å². The molecular weight excluding hydrogens is 305 g/mol. The SMILES string of the molecule is O=S(=O)(Oc1cccc2c(C3CC3)cccc12)C(F)(F)F. The van der Waals surface area contributed by atoms with Gasteiger partial charge in [0.1, 0.15) is 0 Å². The van der Waals surface area contributed by atoms with Crippen molar-refractivity contribution in [1.82, 2.24) is 0 Å². The minimum Gasteiger partial charge on any atom is -0.375 e. The Morgan fingerprint density at radius 3 is 2.24 bits per heavy atom. The van der Waals surface area contributed by atoms with E-state index in [-0.39, 0.29) is 5.75 Å². The fourth-order valence-corrected chi connectivity index (χ4v) is 2.77. The molecule has 1 saturated carbocycles. The third-order valence-corrected chi connectivity index (χ3v) is 4.38. The molecule has 2 aromatic carbocycles. The molecule has 0 amide bonds. The Kier molecular flexibility index (Phi) is 3.12. The zero-order valence-corrected chi connectivity index (χ0v) is 11.5. The molecule has 3 nitrogen and oxygen atoms in total. The Morgan fingerprint density at radius 1 is 1.00 bits per heavy atom. The Bertz CT molecular complexity index is 793. The van der Waals surface area contributed by atoms with Gasteiger partial charge in [0, 0.05) is 5.39 Å². The van der Waals surface area contributed by atoms with E-state index in [0.717, 1.165) is 23.8 Å². The molecule has 1 aliphatic carbocycles. The maximum absolute atomic E-state index is 12.4. The number of fused-ring (bicyclic) bond motifs is 1. The van der Waals surface area contributed by atoms with Crippen molar-refractivity contribution in [2.45, 2.75) is 24.3 Å². The van der Waals surface area contributed by atoms with Crippen LogP contribution in [0.5, 0.6) is 5.75 Å². The van der Waals surface area contributed by atoms with E-state index < -0.39 is 15.6 Å². The fraction of sp³-hybridized carbons (Fsp3) is 0.286. The lowest BCUT2D eigenvalue weighted by Gasteiger charge is -2.12. The van der Waals surface area contributed by atoms with E-state index in [9.17, 15) is 21.6 Å². The van der Waals surface area contributed by atoms with Gasteiger partial charge in [-0.25, -0.2) is 0 Å². The van der Waals surface area contributed by atoms with Crippen LogP contribution >= 0.6 is 0 Å². The van der Waals surface area contributed by atoms with Gasteiger partial charge in [-0.1, -0.05) is 30.3 Å². The molecule has 3 rings (SSSR count). The van der Waals surface area contributed by atoms with Crippen LogP contribution in [0.25, 0.3) is 10.8 Å². The van der Waals surface area contributed by atoms with Crippen LogP contribution in [0.3, 0.4) is 0 Å². The zero-order valence-electron chi connectivity index (χ0n) is 10.7. The van der Waals surface area contributed by atoms with Gasteiger partial charge in [-0.15, -0.1) is 0 Å². The van der Waals surface area contributed by atoms with Crippen LogP contribution in [0, 0.1) is 0 Å². The molecule has 0 saturated heterocycles. The molecule has 1 aliphatic rings. The van der Waals surface area contributed by atoms with E-state index in [4.69, 9.17) is 0 Å². The van der Waals surface area contributed by atoms with Crippen LogP contribution in [0.15, 0.2) is 36.4 Å². The third-order valence-electron chi connectivity index (χ3n) is 3.42. The zero-order chi connectivity index (χ0) is 15.3. The van der Waals surface area contributed by atoms with Crippen LogP contribution in [-0.4, -0.2) is 13.9 Å². The quantitative estimate of drug-likeness (QED) is 0.636. The normalized spacial score (nSPS) is 16.1.